The first-order valence-electron chi connectivity index (χ1n) is 9.77. The molecule has 3 atom stereocenters. The van der Waals surface area contributed by atoms with Gasteiger partial charge in [-0.05, 0) is 18.4 Å². The molecule has 1 saturated carbocycles. The Balaban J connectivity index is 1.62. The average Bonchev–Trinajstić information content (AvgIpc) is 2.70. The van der Waals surface area contributed by atoms with E-state index >= 15 is 0 Å². The van der Waals surface area contributed by atoms with Gasteiger partial charge in [-0.1, -0.05) is 43.2 Å². The first-order chi connectivity index (χ1) is 14.0. The lowest BCUT2D eigenvalue weighted by atomic mass is 9.76. The third-order valence-corrected chi connectivity index (χ3v) is 5.52. The zero-order valence-electron chi connectivity index (χ0n) is 16.1. The van der Waals surface area contributed by atoms with Crippen molar-refractivity contribution in [3.8, 4) is 0 Å². The molecule has 1 aromatic heterocycles. The third-order valence-electron chi connectivity index (χ3n) is 5.52. The molecule has 0 spiro atoms. The highest BCUT2D eigenvalue weighted by molar-refractivity contribution is 5.97. The first kappa shape index (κ1) is 19.1. The Morgan fingerprint density at radius 2 is 1.62 bits per heavy atom. The van der Waals surface area contributed by atoms with Gasteiger partial charge in [0.1, 0.15) is 17.8 Å². The average molecular weight is 394 g/mol. The van der Waals surface area contributed by atoms with Gasteiger partial charge in [-0.15, -0.1) is 0 Å². The second-order valence-electron chi connectivity index (χ2n) is 7.46. The minimum atomic E-state index is -0.351. The Kier molecular flexibility index (Phi) is 5.26. The van der Waals surface area contributed by atoms with Gasteiger partial charge < -0.3 is 17.2 Å². The number of rotatable bonds is 4. The molecule has 2 aliphatic rings. The minimum absolute atomic E-state index is 0.0139. The lowest BCUT2D eigenvalue weighted by Crippen LogP contribution is -2.53. The predicted octanol–water partition coefficient (Wildman–Crippen LogP) is 0.781. The van der Waals surface area contributed by atoms with Crippen molar-refractivity contribution in [1.29, 1.82) is 0 Å². The normalized spacial score (nSPS) is 24.7. The van der Waals surface area contributed by atoms with Crippen LogP contribution in [-0.4, -0.2) is 37.9 Å². The summed E-state index contributed by atoms with van der Waals surface area (Å²) in [5.41, 5.74) is 18.8. The number of hydrazine groups is 1. The van der Waals surface area contributed by atoms with Gasteiger partial charge in [0.15, 0.2) is 0 Å². The topological polar surface area (TPSA) is 171 Å². The van der Waals surface area contributed by atoms with Crippen LogP contribution in [0.5, 0.6) is 0 Å². The van der Waals surface area contributed by atoms with Crippen LogP contribution < -0.4 is 23.0 Å². The van der Waals surface area contributed by atoms with Crippen molar-refractivity contribution in [2.75, 3.05) is 11.5 Å². The van der Waals surface area contributed by atoms with Gasteiger partial charge in [-0.2, -0.15) is 19.9 Å². The molecule has 29 heavy (non-hydrogen) atoms. The zero-order valence-corrected chi connectivity index (χ0v) is 16.1. The van der Waals surface area contributed by atoms with E-state index in [2.05, 4.69) is 24.9 Å². The summed E-state index contributed by atoms with van der Waals surface area (Å²) in [5.74, 6) is 8.35. The van der Waals surface area contributed by atoms with Gasteiger partial charge in [-0.25, -0.2) is 10.8 Å². The van der Waals surface area contributed by atoms with Crippen molar-refractivity contribution in [1.82, 2.24) is 20.0 Å². The Morgan fingerprint density at radius 1 is 0.931 bits per heavy atom. The molecule has 0 radical (unpaired) electrons. The second kappa shape index (κ2) is 8.00. The standard InChI is InChI=1S/C19H26N10/c20-17-24-14(10-11-6-2-1-3-7-11)29(23)16(27-17)13-9-5-4-8-12(13)15-25-18(21)28-19(22)26-15/h1-3,6-7,12-13,16H,4-5,8-10,23H2,(H2,20,27)(H4,21,22,25,26,28). The van der Waals surface area contributed by atoms with Crippen LogP contribution in [0.2, 0.25) is 0 Å². The third kappa shape index (κ3) is 4.11. The van der Waals surface area contributed by atoms with E-state index in [0.717, 1.165) is 31.2 Å². The van der Waals surface area contributed by atoms with Crippen LogP contribution in [0.15, 0.2) is 40.3 Å². The number of benzene rings is 1. The van der Waals surface area contributed by atoms with Gasteiger partial charge in [0.2, 0.25) is 17.9 Å². The van der Waals surface area contributed by atoms with Gasteiger partial charge in [0, 0.05) is 18.3 Å². The number of amidine groups is 1. The fraction of sp³-hybridized carbons (Fsp3) is 0.421. The van der Waals surface area contributed by atoms with Crippen molar-refractivity contribution in [2.24, 2.45) is 27.5 Å². The van der Waals surface area contributed by atoms with Crippen molar-refractivity contribution in [3.63, 3.8) is 0 Å². The van der Waals surface area contributed by atoms with E-state index in [1.54, 1.807) is 5.01 Å². The number of hydrogen-bond acceptors (Lipinski definition) is 10. The van der Waals surface area contributed by atoms with Gasteiger partial charge in [0.25, 0.3) is 0 Å². The van der Waals surface area contributed by atoms with Crippen LogP contribution in [0.1, 0.15) is 43.0 Å². The molecule has 0 saturated heterocycles. The van der Waals surface area contributed by atoms with E-state index in [1.165, 1.54) is 0 Å². The highest BCUT2D eigenvalue weighted by Gasteiger charge is 2.39. The van der Waals surface area contributed by atoms with Crippen LogP contribution in [0.25, 0.3) is 0 Å². The number of nitrogen functional groups attached to an aromatic ring is 2. The molecular formula is C19H26N10. The van der Waals surface area contributed by atoms with Crippen LogP contribution in [0.4, 0.5) is 11.9 Å². The molecule has 0 bridgehead atoms. The molecule has 3 unspecified atom stereocenters. The van der Waals surface area contributed by atoms with Crippen LogP contribution in [0, 0.1) is 5.92 Å². The second-order valence-corrected chi connectivity index (χ2v) is 7.46. The summed E-state index contributed by atoms with van der Waals surface area (Å²) >= 11 is 0. The van der Waals surface area contributed by atoms with Crippen molar-refractivity contribution >= 4 is 23.7 Å². The summed E-state index contributed by atoms with van der Waals surface area (Å²) in [6.07, 6.45) is 4.18. The molecule has 1 aliphatic carbocycles. The van der Waals surface area contributed by atoms with Crippen LogP contribution in [0.3, 0.4) is 0 Å². The highest BCUT2D eigenvalue weighted by Crippen LogP contribution is 2.40. The van der Waals surface area contributed by atoms with Gasteiger partial charge in [0.05, 0.1) is 0 Å². The van der Waals surface area contributed by atoms with E-state index in [4.69, 9.17) is 23.0 Å². The molecule has 1 aromatic carbocycles. The van der Waals surface area contributed by atoms with Crippen molar-refractivity contribution in [2.45, 2.75) is 44.2 Å². The lowest BCUT2D eigenvalue weighted by molar-refractivity contribution is 0.160. The smallest absolute Gasteiger partial charge is 0.225 e. The molecule has 10 heteroatoms. The fourth-order valence-corrected chi connectivity index (χ4v) is 4.21. The zero-order chi connectivity index (χ0) is 20.4. The molecule has 4 rings (SSSR count). The SMILES string of the molecule is NC1=NC(C2CCCCC2c2nc(N)nc(N)n2)N(N)C(Cc2ccccc2)=N1. The number of guanidine groups is 1. The summed E-state index contributed by atoms with van der Waals surface area (Å²) in [6.45, 7) is 0. The predicted molar refractivity (Wildman–Crippen MR) is 112 cm³/mol. The Morgan fingerprint density at radius 3 is 2.34 bits per heavy atom. The summed E-state index contributed by atoms with van der Waals surface area (Å²) in [6, 6.07) is 10.0. The number of anilines is 2. The summed E-state index contributed by atoms with van der Waals surface area (Å²) in [4.78, 5) is 21.5. The van der Waals surface area contributed by atoms with E-state index in [0.29, 0.717) is 18.1 Å². The molecule has 2 heterocycles. The van der Waals surface area contributed by atoms with Crippen molar-refractivity contribution in [3.05, 3.63) is 41.7 Å². The minimum Gasteiger partial charge on any atom is -0.368 e. The van der Waals surface area contributed by atoms with Crippen LogP contribution in [-0.2, 0) is 6.42 Å². The molecule has 1 aliphatic heterocycles. The van der Waals surface area contributed by atoms with Crippen LogP contribution >= 0.6 is 0 Å². The highest BCUT2D eigenvalue weighted by atomic mass is 15.5. The Bertz CT molecular complexity index is 906. The fourth-order valence-electron chi connectivity index (χ4n) is 4.21. The van der Waals surface area contributed by atoms with E-state index in [1.807, 2.05) is 30.3 Å². The monoisotopic (exact) mass is 394 g/mol. The molecule has 10 nitrogen and oxygen atoms in total. The molecular weight excluding hydrogens is 368 g/mol. The van der Waals surface area contributed by atoms with E-state index in [-0.39, 0.29) is 35.9 Å². The van der Waals surface area contributed by atoms with Gasteiger partial charge >= 0.3 is 0 Å². The molecule has 152 valence electrons. The lowest BCUT2D eigenvalue weighted by Gasteiger charge is -2.40. The largest absolute Gasteiger partial charge is 0.368 e. The summed E-state index contributed by atoms with van der Waals surface area (Å²) in [5, 5.41) is 1.64. The maximum atomic E-state index is 6.50. The molecule has 2 aromatic rings. The maximum absolute atomic E-state index is 6.50. The summed E-state index contributed by atoms with van der Waals surface area (Å²) < 4.78 is 0. The number of nitrogens with two attached hydrogens (primary N) is 4. The Labute approximate surface area is 169 Å². The summed E-state index contributed by atoms with van der Waals surface area (Å²) in [7, 11) is 0. The van der Waals surface area contributed by atoms with E-state index in [9.17, 15) is 0 Å². The molecule has 0 amide bonds. The first-order valence-corrected chi connectivity index (χ1v) is 9.77. The number of hydrogen-bond donors (Lipinski definition) is 4. The van der Waals surface area contributed by atoms with Gasteiger partial charge in [-0.3, -0.25) is 5.01 Å². The maximum Gasteiger partial charge on any atom is 0.225 e. The quantitative estimate of drug-likeness (QED) is 0.551. The van der Waals surface area contributed by atoms with E-state index < -0.39 is 0 Å². The molecule has 8 N–H and O–H groups in total. The number of aromatic nitrogens is 3. The van der Waals surface area contributed by atoms with Crippen molar-refractivity contribution < 1.29 is 0 Å². The number of nitrogens with zero attached hydrogens (tertiary/aromatic N) is 6. The molecule has 1 fully saturated rings. The number of aliphatic imine (C=N–C) groups is 2. The Hall–Kier alpha value is -3.27.